The van der Waals surface area contributed by atoms with Crippen molar-refractivity contribution in [2.75, 3.05) is 19.8 Å². The van der Waals surface area contributed by atoms with Crippen LogP contribution >= 0.6 is 11.6 Å². The molecule has 1 saturated heterocycles. The summed E-state index contributed by atoms with van der Waals surface area (Å²) in [6, 6.07) is 7.15. The van der Waals surface area contributed by atoms with Crippen LogP contribution in [0.4, 0.5) is 0 Å². The molecule has 0 aliphatic carbocycles. The van der Waals surface area contributed by atoms with Gasteiger partial charge in [0.2, 0.25) is 0 Å². The molecule has 0 amide bonds. The molecule has 92 valence electrons. The number of ether oxygens (including phenoxy) is 1. The van der Waals surface area contributed by atoms with E-state index in [2.05, 4.69) is 5.32 Å². The van der Waals surface area contributed by atoms with Crippen LogP contribution in [0.25, 0.3) is 0 Å². The molecular formula is C13H16ClNO2. The SMILES string of the molecule is CCNC1COCC1C(=O)c1ccc(Cl)cc1. The van der Waals surface area contributed by atoms with Gasteiger partial charge in [0.05, 0.1) is 19.1 Å². The lowest BCUT2D eigenvalue weighted by atomic mass is 9.93. The monoisotopic (exact) mass is 253 g/mol. The maximum Gasteiger partial charge on any atom is 0.169 e. The van der Waals surface area contributed by atoms with Gasteiger partial charge in [0.15, 0.2) is 5.78 Å². The van der Waals surface area contributed by atoms with Crippen LogP contribution in [0.15, 0.2) is 24.3 Å². The van der Waals surface area contributed by atoms with Gasteiger partial charge in [-0.3, -0.25) is 4.79 Å². The molecule has 1 N–H and O–H groups in total. The van der Waals surface area contributed by atoms with Gasteiger partial charge in [0.25, 0.3) is 0 Å². The molecule has 1 aromatic rings. The number of nitrogens with one attached hydrogen (secondary N) is 1. The first-order valence-electron chi connectivity index (χ1n) is 5.83. The molecule has 2 rings (SSSR count). The van der Waals surface area contributed by atoms with Gasteiger partial charge in [-0.2, -0.15) is 0 Å². The third-order valence-electron chi connectivity index (χ3n) is 3.01. The normalized spacial score (nSPS) is 23.9. The van der Waals surface area contributed by atoms with Crippen molar-refractivity contribution >= 4 is 17.4 Å². The van der Waals surface area contributed by atoms with Crippen LogP contribution in [0.5, 0.6) is 0 Å². The number of likely N-dealkylation sites (N-methyl/N-ethyl adjacent to an activating group) is 1. The fourth-order valence-electron chi connectivity index (χ4n) is 2.10. The first kappa shape index (κ1) is 12.6. The summed E-state index contributed by atoms with van der Waals surface area (Å²) in [5.41, 5.74) is 0.702. The average molecular weight is 254 g/mol. The lowest BCUT2D eigenvalue weighted by Gasteiger charge is -2.17. The van der Waals surface area contributed by atoms with Gasteiger partial charge in [-0.15, -0.1) is 0 Å². The molecular weight excluding hydrogens is 238 g/mol. The standard InChI is InChI=1S/C13H16ClNO2/c1-2-15-12-8-17-7-11(12)13(16)9-3-5-10(14)6-4-9/h3-6,11-12,15H,2,7-8H2,1H3. The van der Waals surface area contributed by atoms with E-state index in [0.717, 1.165) is 6.54 Å². The molecule has 0 spiro atoms. The number of halogens is 1. The van der Waals surface area contributed by atoms with Gasteiger partial charge in [-0.25, -0.2) is 0 Å². The highest BCUT2D eigenvalue weighted by Gasteiger charge is 2.33. The molecule has 2 atom stereocenters. The Morgan fingerprint density at radius 3 is 2.76 bits per heavy atom. The molecule has 1 aliphatic rings. The zero-order valence-corrected chi connectivity index (χ0v) is 10.5. The highest BCUT2D eigenvalue weighted by Crippen LogP contribution is 2.20. The number of rotatable bonds is 4. The largest absolute Gasteiger partial charge is 0.379 e. The molecule has 1 heterocycles. The second-order valence-corrected chi connectivity index (χ2v) is 4.62. The Labute approximate surface area is 106 Å². The van der Waals surface area contributed by atoms with Crippen LogP contribution in [-0.2, 0) is 4.74 Å². The van der Waals surface area contributed by atoms with Crippen molar-refractivity contribution in [2.24, 2.45) is 5.92 Å². The van der Waals surface area contributed by atoms with Gasteiger partial charge in [0, 0.05) is 16.6 Å². The number of hydrogen-bond acceptors (Lipinski definition) is 3. The van der Waals surface area contributed by atoms with Crippen molar-refractivity contribution in [3.63, 3.8) is 0 Å². The maximum absolute atomic E-state index is 12.3. The Balaban J connectivity index is 2.11. The summed E-state index contributed by atoms with van der Waals surface area (Å²) >= 11 is 5.81. The predicted molar refractivity (Wildman–Crippen MR) is 67.6 cm³/mol. The van der Waals surface area contributed by atoms with Gasteiger partial charge in [0.1, 0.15) is 0 Å². The second-order valence-electron chi connectivity index (χ2n) is 4.18. The average Bonchev–Trinajstić information content (AvgIpc) is 2.78. The van der Waals surface area contributed by atoms with E-state index in [-0.39, 0.29) is 17.7 Å². The third-order valence-corrected chi connectivity index (χ3v) is 3.26. The Kier molecular flexibility index (Phi) is 4.15. The van der Waals surface area contributed by atoms with Crippen LogP contribution in [0.1, 0.15) is 17.3 Å². The minimum atomic E-state index is -0.0869. The number of carbonyl (C=O) groups is 1. The van der Waals surface area contributed by atoms with Gasteiger partial charge < -0.3 is 10.1 Å². The summed E-state index contributed by atoms with van der Waals surface area (Å²) in [5, 5.41) is 3.93. The number of ketones is 1. The summed E-state index contributed by atoms with van der Waals surface area (Å²) in [6.45, 7) is 3.98. The molecule has 0 bridgehead atoms. The third kappa shape index (κ3) is 2.86. The number of carbonyl (C=O) groups excluding carboxylic acids is 1. The van der Waals surface area contributed by atoms with E-state index in [9.17, 15) is 4.79 Å². The Hall–Kier alpha value is -0.900. The van der Waals surface area contributed by atoms with Crippen LogP contribution < -0.4 is 5.32 Å². The molecule has 0 aromatic heterocycles. The summed E-state index contributed by atoms with van der Waals surface area (Å²) in [7, 11) is 0. The first-order chi connectivity index (χ1) is 8.22. The summed E-state index contributed by atoms with van der Waals surface area (Å²) in [6.07, 6.45) is 0. The van der Waals surface area contributed by atoms with E-state index < -0.39 is 0 Å². The zero-order chi connectivity index (χ0) is 12.3. The topological polar surface area (TPSA) is 38.3 Å². The minimum absolute atomic E-state index is 0.0869. The van der Waals surface area contributed by atoms with Crippen LogP contribution in [0, 0.1) is 5.92 Å². The molecule has 0 radical (unpaired) electrons. The minimum Gasteiger partial charge on any atom is -0.379 e. The van der Waals surface area contributed by atoms with Crippen molar-refractivity contribution in [3.8, 4) is 0 Å². The summed E-state index contributed by atoms with van der Waals surface area (Å²) < 4.78 is 5.38. The molecule has 1 aromatic carbocycles. The first-order valence-corrected chi connectivity index (χ1v) is 6.21. The number of Topliss-reactive ketones (excluding diaryl/α,β-unsaturated/α-hetero) is 1. The van der Waals surface area contributed by atoms with E-state index in [1.807, 2.05) is 6.92 Å². The quantitative estimate of drug-likeness (QED) is 0.836. The van der Waals surface area contributed by atoms with Crippen LogP contribution in [0.2, 0.25) is 5.02 Å². The maximum atomic E-state index is 12.3. The molecule has 2 unspecified atom stereocenters. The predicted octanol–water partition coefficient (Wildman–Crippen LogP) is 2.15. The molecule has 17 heavy (non-hydrogen) atoms. The molecule has 1 aliphatic heterocycles. The molecule has 4 heteroatoms. The van der Waals surface area contributed by atoms with Gasteiger partial charge in [-0.05, 0) is 30.8 Å². The van der Waals surface area contributed by atoms with Crippen molar-refractivity contribution in [1.82, 2.24) is 5.32 Å². The van der Waals surface area contributed by atoms with Crippen molar-refractivity contribution in [1.29, 1.82) is 0 Å². The van der Waals surface area contributed by atoms with E-state index in [4.69, 9.17) is 16.3 Å². The summed E-state index contributed by atoms with van der Waals surface area (Å²) in [5.74, 6) is 0.0428. The van der Waals surface area contributed by atoms with Crippen LogP contribution in [0.3, 0.4) is 0 Å². The lowest BCUT2D eigenvalue weighted by Crippen LogP contribution is -2.39. The van der Waals surface area contributed by atoms with Crippen LogP contribution in [-0.4, -0.2) is 31.6 Å². The smallest absolute Gasteiger partial charge is 0.169 e. The number of benzene rings is 1. The van der Waals surface area contributed by atoms with Gasteiger partial charge >= 0.3 is 0 Å². The van der Waals surface area contributed by atoms with Crippen molar-refractivity contribution < 1.29 is 9.53 Å². The Morgan fingerprint density at radius 2 is 2.12 bits per heavy atom. The highest BCUT2D eigenvalue weighted by molar-refractivity contribution is 6.30. The van der Waals surface area contributed by atoms with E-state index >= 15 is 0 Å². The van der Waals surface area contributed by atoms with E-state index in [1.54, 1.807) is 24.3 Å². The molecule has 3 nitrogen and oxygen atoms in total. The fraction of sp³-hybridized carbons (Fsp3) is 0.462. The summed E-state index contributed by atoms with van der Waals surface area (Å²) in [4.78, 5) is 12.3. The lowest BCUT2D eigenvalue weighted by molar-refractivity contribution is 0.0892. The molecule has 1 fully saturated rings. The van der Waals surface area contributed by atoms with E-state index in [0.29, 0.717) is 23.8 Å². The van der Waals surface area contributed by atoms with Gasteiger partial charge in [-0.1, -0.05) is 18.5 Å². The number of hydrogen-bond donors (Lipinski definition) is 1. The Morgan fingerprint density at radius 1 is 1.41 bits per heavy atom. The second kappa shape index (κ2) is 5.63. The highest BCUT2D eigenvalue weighted by atomic mass is 35.5. The fourth-order valence-corrected chi connectivity index (χ4v) is 2.23. The molecule has 0 saturated carbocycles. The van der Waals surface area contributed by atoms with Crippen molar-refractivity contribution in [2.45, 2.75) is 13.0 Å². The zero-order valence-electron chi connectivity index (χ0n) is 9.78. The van der Waals surface area contributed by atoms with Crippen molar-refractivity contribution in [3.05, 3.63) is 34.9 Å². The Bertz CT molecular complexity index is 391. The van der Waals surface area contributed by atoms with E-state index in [1.165, 1.54) is 0 Å².